The number of carbonyl (C=O) groups excluding carboxylic acids is 2. The molecule has 1 heterocycles. The van der Waals surface area contributed by atoms with E-state index in [9.17, 15) is 22.8 Å². The van der Waals surface area contributed by atoms with Crippen molar-refractivity contribution in [3.63, 3.8) is 0 Å². The van der Waals surface area contributed by atoms with Crippen LogP contribution in [0.1, 0.15) is 16.2 Å². The predicted octanol–water partition coefficient (Wildman–Crippen LogP) is 5.24. The fraction of sp³-hybridized carbons (Fsp3) is 0.217. The number of carbonyl (C=O) groups is 2. The van der Waals surface area contributed by atoms with Crippen molar-refractivity contribution in [1.82, 2.24) is 20.2 Å². The molecule has 0 fully saturated rings. The molecule has 0 spiro atoms. The van der Waals surface area contributed by atoms with E-state index in [4.69, 9.17) is 11.6 Å². The van der Waals surface area contributed by atoms with Gasteiger partial charge in [-0.1, -0.05) is 29.4 Å². The van der Waals surface area contributed by atoms with E-state index < -0.39 is 22.8 Å². The molecule has 0 aliphatic heterocycles. The molecule has 0 aliphatic rings. The lowest BCUT2D eigenvalue weighted by atomic mass is 10.2. The Morgan fingerprint density at radius 1 is 1.06 bits per heavy atom. The minimum Gasteiger partial charge on any atom is -0.348 e. The molecule has 3 aromatic rings. The van der Waals surface area contributed by atoms with Crippen molar-refractivity contribution in [3.8, 4) is 0 Å². The molecule has 3 amide bonds. The number of nitrogens with one attached hydrogen (secondary N) is 3. The van der Waals surface area contributed by atoms with Crippen LogP contribution in [0.25, 0.3) is 0 Å². The van der Waals surface area contributed by atoms with Crippen LogP contribution in [0, 0.1) is 0 Å². The maximum atomic E-state index is 13.0. The third-order valence-corrected chi connectivity index (χ3v) is 5.78. The topological polar surface area (TPSA) is 99.3 Å². The molecule has 2 aromatic carbocycles. The van der Waals surface area contributed by atoms with Gasteiger partial charge in [-0.2, -0.15) is 13.2 Å². The number of rotatable bonds is 8. The molecule has 3 rings (SSSR count). The summed E-state index contributed by atoms with van der Waals surface area (Å²) < 4.78 is 39.1. The Morgan fingerprint density at radius 3 is 2.47 bits per heavy atom. The van der Waals surface area contributed by atoms with Gasteiger partial charge in [-0.15, -0.1) is 0 Å². The Labute approximate surface area is 214 Å². The first-order chi connectivity index (χ1) is 17.0. The molecule has 8 nitrogen and oxygen atoms in total. The summed E-state index contributed by atoms with van der Waals surface area (Å²) in [6.45, 7) is 1.13. The number of amides is 3. The molecule has 1 aromatic heterocycles. The summed E-state index contributed by atoms with van der Waals surface area (Å²) in [5.74, 6) is -0.351. The number of halogens is 4. The quantitative estimate of drug-likeness (QED) is 0.339. The van der Waals surface area contributed by atoms with Gasteiger partial charge in [0.15, 0.2) is 0 Å². The van der Waals surface area contributed by atoms with Gasteiger partial charge in [-0.05, 0) is 56.6 Å². The van der Waals surface area contributed by atoms with Crippen molar-refractivity contribution >= 4 is 46.7 Å². The molecule has 190 valence electrons. The first-order valence-electron chi connectivity index (χ1n) is 10.5. The summed E-state index contributed by atoms with van der Waals surface area (Å²) >= 11 is 6.86. The molecule has 0 radical (unpaired) electrons. The number of likely N-dealkylation sites (N-methyl/N-ethyl adjacent to an activating group) is 1. The van der Waals surface area contributed by atoms with E-state index in [-0.39, 0.29) is 17.4 Å². The van der Waals surface area contributed by atoms with Gasteiger partial charge in [0.2, 0.25) is 5.82 Å². The zero-order valence-corrected chi connectivity index (χ0v) is 20.8. The Balaban J connectivity index is 1.63. The molecule has 0 bridgehead atoms. The molecule has 0 saturated carbocycles. The van der Waals surface area contributed by atoms with E-state index in [1.807, 2.05) is 19.0 Å². The smallest absolute Gasteiger partial charge is 0.348 e. The van der Waals surface area contributed by atoms with Crippen molar-refractivity contribution in [2.45, 2.75) is 16.1 Å². The number of anilines is 2. The number of nitrogens with zero attached hydrogens (tertiary/aromatic N) is 3. The van der Waals surface area contributed by atoms with Crippen molar-refractivity contribution in [3.05, 3.63) is 71.1 Å². The maximum Gasteiger partial charge on any atom is 0.417 e. The van der Waals surface area contributed by atoms with Gasteiger partial charge < -0.3 is 20.9 Å². The zero-order valence-electron chi connectivity index (χ0n) is 19.2. The van der Waals surface area contributed by atoms with Crippen LogP contribution >= 0.6 is 23.4 Å². The van der Waals surface area contributed by atoms with Crippen LogP contribution in [-0.4, -0.2) is 54.0 Å². The second-order valence-corrected chi connectivity index (χ2v) is 9.18. The number of hydrogen-bond donors (Lipinski definition) is 3. The fourth-order valence-corrected chi connectivity index (χ4v) is 3.91. The number of aromatic nitrogens is 2. The second-order valence-electron chi connectivity index (χ2n) is 7.68. The monoisotopic (exact) mass is 538 g/mol. The number of urea groups is 1. The highest BCUT2D eigenvalue weighted by Crippen LogP contribution is 2.36. The molecular formula is C23H22ClF3N6O2S. The highest BCUT2D eigenvalue weighted by atomic mass is 35.5. The molecular weight excluding hydrogens is 517 g/mol. The van der Waals surface area contributed by atoms with Crippen LogP contribution in [-0.2, 0) is 6.18 Å². The molecule has 0 unspecified atom stereocenters. The lowest BCUT2D eigenvalue weighted by molar-refractivity contribution is -0.137. The fourth-order valence-electron chi connectivity index (χ4n) is 2.85. The van der Waals surface area contributed by atoms with Gasteiger partial charge >= 0.3 is 12.2 Å². The Morgan fingerprint density at radius 2 is 1.78 bits per heavy atom. The molecule has 0 saturated heterocycles. The summed E-state index contributed by atoms with van der Waals surface area (Å²) in [5.41, 5.74) is -0.707. The summed E-state index contributed by atoms with van der Waals surface area (Å²) in [6.07, 6.45) is -3.17. The van der Waals surface area contributed by atoms with Crippen LogP contribution in [0.2, 0.25) is 5.02 Å². The zero-order chi connectivity index (χ0) is 26.3. The number of hydrogen-bond acceptors (Lipinski definition) is 6. The highest BCUT2D eigenvalue weighted by molar-refractivity contribution is 7.99. The lowest BCUT2D eigenvalue weighted by Gasteiger charge is -2.12. The highest BCUT2D eigenvalue weighted by Gasteiger charge is 2.33. The van der Waals surface area contributed by atoms with E-state index in [0.717, 1.165) is 12.1 Å². The standard InChI is InChI=1S/C23H22ClF3N6O2S/c1-33(2)11-10-29-21(34)20-28-9-8-19(32-20)36-16-5-3-4-14(12-16)30-22(35)31-15-6-7-18(24)17(13-15)23(25,26)27/h3-9,12-13H,10-11H2,1-2H3,(H,29,34)(H2,30,31,35). The van der Waals surface area contributed by atoms with Crippen molar-refractivity contribution in [1.29, 1.82) is 0 Å². The minimum atomic E-state index is -4.65. The van der Waals surface area contributed by atoms with E-state index in [1.54, 1.807) is 30.3 Å². The van der Waals surface area contributed by atoms with Gasteiger partial charge in [-0.25, -0.2) is 14.8 Å². The van der Waals surface area contributed by atoms with Crippen LogP contribution in [0.5, 0.6) is 0 Å². The van der Waals surface area contributed by atoms with E-state index in [1.165, 1.54) is 24.0 Å². The van der Waals surface area contributed by atoms with Gasteiger partial charge in [0.05, 0.1) is 10.6 Å². The third-order valence-electron chi connectivity index (χ3n) is 4.52. The molecule has 13 heteroatoms. The summed E-state index contributed by atoms with van der Waals surface area (Å²) in [4.78, 5) is 35.5. The molecule has 0 atom stereocenters. The predicted molar refractivity (Wildman–Crippen MR) is 133 cm³/mol. The summed E-state index contributed by atoms with van der Waals surface area (Å²) in [5, 5.41) is 7.74. The Kier molecular flexibility index (Phi) is 9.13. The third kappa shape index (κ3) is 8.11. The van der Waals surface area contributed by atoms with Gasteiger partial charge in [0.1, 0.15) is 5.03 Å². The average Bonchev–Trinajstić information content (AvgIpc) is 2.79. The van der Waals surface area contributed by atoms with Crippen LogP contribution in [0.3, 0.4) is 0 Å². The maximum absolute atomic E-state index is 13.0. The van der Waals surface area contributed by atoms with Crippen LogP contribution in [0.15, 0.2) is 64.6 Å². The second kappa shape index (κ2) is 12.1. The van der Waals surface area contributed by atoms with Gasteiger partial charge in [0.25, 0.3) is 5.91 Å². The molecule has 3 N–H and O–H groups in total. The SMILES string of the molecule is CN(C)CCNC(=O)c1nccc(Sc2cccc(NC(=O)Nc3ccc(Cl)c(C(F)(F)F)c3)c2)n1. The average molecular weight is 539 g/mol. The van der Waals surface area contributed by atoms with E-state index >= 15 is 0 Å². The van der Waals surface area contributed by atoms with Crippen molar-refractivity contribution in [2.75, 3.05) is 37.8 Å². The number of benzene rings is 2. The van der Waals surface area contributed by atoms with Crippen molar-refractivity contribution < 1.29 is 22.8 Å². The minimum absolute atomic E-state index is 0.0357. The first kappa shape index (κ1) is 27.2. The first-order valence-corrected chi connectivity index (χ1v) is 11.7. The number of alkyl halides is 3. The van der Waals surface area contributed by atoms with Gasteiger partial charge in [-0.3, -0.25) is 4.79 Å². The molecule has 0 aliphatic carbocycles. The Hall–Kier alpha value is -3.35. The van der Waals surface area contributed by atoms with E-state index in [0.29, 0.717) is 28.7 Å². The Bertz CT molecular complexity index is 1240. The molecule has 36 heavy (non-hydrogen) atoms. The lowest BCUT2D eigenvalue weighted by Crippen LogP contribution is -2.32. The normalized spacial score (nSPS) is 11.3. The van der Waals surface area contributed by atoms with E-state index in [2.05, 4.69) is 25.9 Å². The van der Waals surface area contributed by atoms with Crippen LogP contribution < -0.4 is 16.0 Å². The van der Waals surface area contributed by atoms with Gasteiger partial charge in [0, 0.05) is 35.6 Å². The van der Waals surface area contributed by atoms with Crippen LogP contribution in [0.4, 0.5) is 29.3 Å². The largest absolute Gasteiger partial charge is 0.417 e. The van der Waals surface area contributed by atoms with Crippen molar-refractivity contribution in [2.24, 2.45) is 0 Å². The summed E-state index contributed by atoms with van der Waals surface area (Å²) in [7, 11) is 3.79. The summed E-state index contributed by atoms with van der Waals surface area (Å²) in [6, 6.07) is 10.8.